The second-order valence-corrected chi connectivity index (χ2v) is 6.54. The first-order valence-electron chi connectivity index (χ1n) is 7.63. The summed E-state index contributed by atoms with van der Waals surface area (Å²) in [6, 6.07) is 16.2. The summed E-state index contributed by atoms with van der Waals surface area (Å²) >= 11 is 3.47. The molecule has 0 atom stereocenters. The summed E-state index contributed by atoms with van der Waals surface area (Å²) in [6.07, 6.45) is 4.46. The number of hydrogen-bond acceptors (Lipinski definition) is 4. The van der Waals surface area contributed by atoms with Crippen molar-refractivity contribution in [1.82, 2.24) is 10.2 Å². The van der Waals surface area contributed by atoms with Gasteiger partial charge < -0.3 is 9.32 Å². The van der Waals surface area contributed by atoms with E-state index in [1.807, 2.05) is 62.6 Å². The van der Waals surface area contributed by atoms with Crippen LogP contribution in [-0.2, 0) is 6.42 Å². The molecule has 2 aromatic carbocycles. The van der Waals surface area contributed by atoms with Crippen molar-refractivity contribution >= 4 is 33.8 Å². The summed E-state index contributed by atoms with van der Waals surface area (Å²) < 4.78 is 6.75. The lowest BCUT2D eigenvalue weighted by atomic mass is 10.1. The zero-order chi connectivity index (χ0) is 16.9. The smallest absolute Gasteiger partial charge is 0.240 e. The molecule has 0 saturated heterocycles. The lowest BCUT2D eigenvalue weighted by molar-refractivity contribution is 0.496. The van der Waals surface area contributed by atoms with E-state index in [1.54, 1.807) is 0 Å². The number of nitrogens with zero attached hydrogens (tertiary/aromatic N) is 3. The van der Waals surface area contributed by atoms with E-state index in [2.05, 4.69) is 43.2 Å². The Bertz CT molecular complexity index is 855. The van der Waals surface area contributed by atoms with Crippen molar-refractivity contribution in [2.24, 2.45) is 0 Å². The highest BCUT2D eigenvalue weighted by molar-refractivity contribution is 9.10. The molecular weight excluding hydrogens is 366 g/mol. The Morgan fingerprint density at radius 1 is 1.04 bits per heavy atom. The second kappa shape index (κ2) is 7.45. The van der Waals surface area contributed by atoms with Crippen molar-refractivity contribution in [3.8, 4) is 0 Å². The van der Waals surface area contributed by atoms with Gasteiger partial charge in [-0.15, -0.1) is 10.2 Å². The number of anilines is 1. The Balaban J connectivity index is 1.74. The topological polar surface area (TPSA) is 42.2 Å². The Morgan fingerprint density at radius 3 is 2.67 bits per heavy atom. The molecule has 0 bridgehead atoms. The van der Waals surface area contributed by atoms with Crippen LogP contribution in [0.2, 0.25) is 0 Å². The van der Waals surface area contributed by atoms with E-state index in [4.69, 9.17) is 4.42 Å². The highest BCUT2D eigenvalue weighted by atomic mass is 79.9. The van der Waals surface area contributed by atoms with Crippen molar-refractivity contribution in [3.63, 3.8) is 0 Å². The van der Waals surface area contributed by atoms with Crippen molar-refractivity contribution in [2.45, 2.75) is 6.42 Å². The Labute approximate surface area is 150 Å². The first-order valence-corrected chi connectivity index (χ1v) is 8.42. The quantitative estimate of drug-likeness (QED) is 0.642. The summed E-state index contributed by atoms with van der Waals surface area (Å²) in [6.45, 7) is 0. The molecule has 0 aliphatic rings. The van der Waals surface area contributed by atoms with Crippen LogP contribution in [0.15, 0.2) is 57.4 Å². The predicted octanol–water partition coefficient (Wildman–Crippen LogP) is 4.66. The zero-order valence-corrected chi connectivity index (χ0v) is 15.2. The van der Waals surface area contributed by atoms with Crippen LogP contribution in [0, 0.1) is 0 Å². The maximum Gasteiger partial charge on any atom is 0.240 e. The number of halogens is 1. The third-order valence-electron chi connectivity index (χ3n) is 3.55. The van der Waals surface area contributed by atoms with Gasteiger partial charge in [-0.2, -0.15) is 0 Å². The molecule has 0 amide bonds. The average molecular weight is 384 g/mol. The molecule has 0 aliphatic carbocycles. The SMILES string of the molecule is CN(C)c1ccccc1/C=C/c1nnc(Cc2cccc(Br)c2)o1. The summed E-state index contributed by atoms with van der Waals surface area (Å²) in [7, 11) is 4.05. The van der Waals surface area contributed by atoms with Crippen molar-refractivity contribution in [3.05, 3.63) is 75.9 Å². The molecular formula is C19H18BrN3O. The van der Waals surface area contributed by atoms with Gasteiger partial charge in [0.1, 0.15) is 0 Å². The Hall–Kier alpha value is -2.40. The molecule has 1 heterocycles. The molecule has 122 valence electrons. The highest BCUT2D eigenvalue weighted by Crippen LogP contribution is 2.20. The molecule has 0 spiro atoms. The largest absolute Gasteiger partial charge is 0.421 e. The summed E-state index contributed by atoms with van der Waals surface area (Å²) in [5.74, 6) is 1.11. The monoisotopic (exact) mass is 383 g/mol. The Kier molecular flexibility index (Phi) is 5.11. The van der Waals surface area contributed by atoms with E-state index in [0.717, 1.165) is 21.3 Å². The van der Waals surface area contributed by atoms with Gasteiger partial charge in [0.25, 0.3) is 0 Å². The first-order chi connectivity index (χ1) is 11.6. The number of rotatable bonds is 5. The molecule has 0 saturated carbocycles. The van der Waals surface area contributed by atoms with Gasteiger partial charge in [-0.1, -0.05) is 46.3 Å². The fourth-order valence-corrected chi connectivity index (χ4v) is 2.87. The minimum atomic E-state index is 0.508. The molecule has 3 aromatic rings. The lowest BCUT2D eigenvalue weighted by Gasteiger charge is -2.14. The third-order valence-corrected chi connectivity index (χ3v) is 4.04. The van der Waals surface area contributed by atoms with E-state index in [1.165, 1.54) is 0 Å². The molecule has 0 unspecified atom stereocenters. The molecule has 4 nitrogen and oxygen atoms in total. The van der Waals surface area contributed by atoms with E-state index >= 15 is 0 Å². The minimum absolute atomic E-state index is 0.508. The van der Waals surface area contributed by atoms with Gasteiger partial charge in [-0.05, 0) is 35.4 Å². The maximum absolute atomic E-state index is 5.71. The van der Waals surface area contributed by atoms with E-state index in [9.17, 15) is 0 Å². The van der Waals surface area contributed by atoms with Crippen LogP contribution in [0.1, 0.15) is 22.9 Å². The highest BCUT2D eigenvalue weighted by Gasteiger charge is 2.06. The van der Waals surface area contributed by atoms with E-state index < -0.39 is 0 Å². The van der Waals surface area contributed by atoms with E-state index in [-0.39, 0.29) is 0 Å². The summed E-state index contributed by atoms with van der Waals surface area (Å²) in [5.41, 5.74) is 3.37. The first kappa shape index (κ1) is 16.5. The molecule has 0 aliphatic heterocycles. The van der Waals surface area contributed by atoms with Crippen molar-refractivity contribution in [1.29, 1.82) is 0 Å². The molecule has 0 radical (unpaired) electrons. The van der Waals surface area contributed by atoms with Gasteiger partial charge in [0, 0.05) is 30.3 Å². The van der Waals surface area contributed by atoms with E-state index in [0.29, 0.717) is 18.2 Å². The molecule has 0 fully saturated rings. The van der Waals surface area contributed by atoms with Gasteiger partial charge in [-0.25, -0.2) is 0 Å². The fraction of sp³-hybridized carbons (Fsp3) is 0.158. The predicted molar refractivity (Wildman–Crippen MR) is 101 cm³/mol. The van der Waals surface area contributed by atoms with Crippen molar-refractivity contribution < 1.29 is 4.42 Å². The van der Waals surface area contributed by atoms with Crippen molar-refractivity contribution in [2.75, 3.05) is 19.0 Å². The Morgan fingerprint density at radius 2 is 1.88 bits per heavy atom. The van der Waals surface area contributed by atoms with Crippen LogP contribution < -0.4 is 4.90 Å². The third kappa shape index (κ3) is 4.11. The minimum Gasteiger partial charge on any atom is -0.421 e. The van der Waals surface area contributed by atoms with Crippen LogP contribution in [0.5, 0.6) is 0 Å². The molecule has 1 aromatic heterocycles. The number of hydrogen-bond donors (Lipinski definition) is 0. The fourth-order valence-electron chi connectivity index (χ4n) is 2.42. The number of benzene rings is 2. The molecule has 0 N–H and O–H groups in total. The molecule has 3 rings (SSSR count). The average Bonchev–Trinajstić information content (AvgIpc) is 3.00. The second-order valence-electron chi connectivity index (χ2n) is 5.63. The summed E-state index contributed by atoms with van der Waals surface area (Å²) in [4.78, 5) is 2.08. The van der Waals surface area contributed by atoms with Gasteiger partial charge in [0.2, 0.25) is 11.8 Å². The van der Waals surface area contributed by atoms with Crippen LogP contribution in [0.4, 0.5) is 5.69 Å². The molecule has 24 heavy (non-hydrogen) atoms. The molecule has 5 heteroatoms. The normalized spacial score (nSPS) is 11.1. The van der Waals surface area contributed by atoms with Crippen LogP contribution in [0.3, 0.4) is 0 Å². The number of aromatic nitrogens is 2. The lowest BCUT2D eigenvalue weighted by Crippen LogP contribution is -2.09. The van der Waals surface area contributed by atoms with Gasteiger partial charge in [0.05, 0.1) is 6.42 Å². The van der Waals surface area contributed by atoms with Crippen LogP contribution in [-0.4, -0.2) is 24.3 Å². The van der Waals surface area contributed by atoms with Gasteiger partial charge >= 0.3 is 0 Å². The number of para-hydroxylation sites is 1. The maximum atomic E-state index is 5.71. The van der Waals surface area contributed by atoms with Gasteiger partial charge in [-0.3, -0.25) is 0 Å². The zero-order valence-electron chi connectivity index (χ0n) is 13.6. The van der Waals surface area contributed by atoms with Crippen LogP contribution >= 0.6 is 15.9 Å². The van der Waals surface area contributed by atoms with Gasteiger partial charge in [0.15, 0.2) is 0 Å². The van der Waals surface area contributed by atoms with Crippen LogP contribution in [0.25, 0.3) is 12.2 Å². The summed E-state index contributed by atoms with van der Waals surface area (Å²) in [5, 5.41) is 8.21. The standard InChI is InChI=1S/C19H18BrN3O/c1-23(2)17-9-4-3-7-15(17)10-11-18-21-22-19(24-18)13-14-6-5-8-16(20)12-14/h3-12H,13H2,1-2H3/b11-10+.